The predicted octanol–water partition coefficient (Wildman–Crippen LogP) is 1.20. The number of fused-ring (bicyclic) bond motifs is 1. The van der Waals surface area contributed by atoms with Gasteiger partial charge in [-0.25, -0.2) is 13.1 Å². The predicted molar refractivity (Wildman–Crippen MR) is 96.0 cm³/mol. The molecule has 6 nitrogen and oxygen atoms in total. The molecule has 3 rings (SSSR count). The molecule has 134 valence electrons. The summed E-state index contributed by atoms with van der Waals surface area (Å²) in [5, 5.41) is 3.21. The van der Waals surface area contributed by atoms with Gasteiger partial charge in [-0.2, -0.15) is 0 Å². The fraction of sp³-hybridized carbons (Fsp3) is 0.688. The molecule has 2 aliphatic rings. The molecule has 1 amide bonds. The summed E-state index contributed by atoms with van der Waals surface area (Å²) in [6.07, 6.45) is 6.49. The van der Waals surface area contributed by atoms with Crippen LogP contribution < -0.4 is 10.0 Å². The van der Waals surface area contributed by atoms with Crippen LogP contribution >= 0.6 is 11.3 Å². The molecule has 0 unspecified atom stereocenters. The lowest BCUT2D eigenvalue weighted by Crippen LogP contribution is -2.46. The van der Waals surface area contributed by atoms with Gasteiger partial charge < -0.3 is 5.32 Å². The summed E-state index contributed by atoms with van der Waals surface area (Å²) >= 11 is 1.44. The van der Waals surface area contributed by atoms with Gasteiger partial charge in [0.25, 0.3) is 5.91 Å². The summed E-state index contributed by atoms with van der Waals surface area (Å²) in [6, 6.07) is 4.51. The van der Waals surface area contributed by atoms with E-state index >= 15 is 0 Å². The molecule has 1 aromatic heterocycles. The zero-order valence-corrected chi connectivity index (χ0v) is 15.6. The van der Waals surface area contributed by atoms with E-state index in [-0.39, 0.29) is 11.9 Å². The first-order valence-corrected chi connectivity index (χ1v) is 11.2. The summed E-state index contributed by atoms with van der Waals surface area (Å²) in [5.74, 6) is -0.000235. The number of nitrogens with one attached hydrogen (secondary N) is 2. The van der Waals surface area contributed by atoms with Gasteiger partial charge in [0.05, 0.1) is 11.1 Å². The van der Waals surface area contributed by atoms with E-state index in [0.29, 0.717) is 23.9 Å². The Labute approximate surface area is 147 Å². The van der Waals surface area contributed by atoms with Gasteiger partial charge in [-0.1, -0.05) is 6.42 Å². The smallest absolute Gasteiger partial charge is 0.261 e. The van der Waals surface area contributed by atoms with Gasteiger partial charge in [0, 0.05) is 30.1 Å². The van der Waals surface area contributed by atoms with Gasteiger partial charge in [-0.15, -0.1) is 11.3 Å². The lowest BCUT2D eigenvalue weighted by Gasteiger charge is -2.32. The zero-order valence-electron chi connectivity index (χ0n) is 14.0. The number of hydrogen-bond acceptors (Lipinski definition) is 5. The molecular weight excluding hydrogens is 346 g/mol. The van der Waals surface area contributed by atoms with Gasteiger partial charge in [0.15, 0.2) is 0 Å². The minimum atomic E-state index is -3.16. The second-order valence-corrected chi connectivity index (χ2v) is 9.65. The normalized spacial score (nSPS) is 24.7. The summed E-state index contributed by atoms with van der Waals surface area (Å²) in [7, 11) is -3.16. The van der Waals surface area contributed by atoms with E-state index in [4.69, 9.17) is 0 Å². The van der Waals surface area contributed by atoms with Crippen molar-refractivity contribution >= 4 is 27.3 Å². The molecule has 3 heterocycles. The lowest BCUT2D eigenvalue weighted by atomic mass is 9.99. The largest absolute Gasteiger partial charge is 0.347 e. The number of thiophene rings is 1. The van der Waals surface area contributed by atoms with E-state index in [1.807, 2.05) is 12.1 Å². The van der Waals surface area contributed by atoms with Crippen molar-refractivity contribution in [2.24, 2.45) is 0 Å². The Bertz CT molecular complexity index is 686. The molecule has 2 N–H and O–H groups in total. The zero-order chi connectivity index (χ0) is 17.2. The molecule has 2 saturated heterocycles. The summed E-state index contributed by atoms with van der Waals surface area (Å²) in [6.45, 7) is 2.61. The van der Waals surface area contributed by atoms with Crippen LogP contribution in [-0.2, 0) is 16.4 Å². The van der Waals surface area contributed by atoms with E-state index in [1.54, 1.807) is 0 Å². The molecular formula is C16H25N3O3S2. The highest BCUT2D eigenvalue weighted by Crippen LogP contribution is 2.27. The highest BCUT2D eigenvalue weighted by atomic mass is 32.2. The number of carbonyl (C=O) groups excluding carboxylic acids is 1. The van der Waals surface area contributed by atoms with Crippen molar-refractivity contribution in [3.05, 3.63) is 21.9 Å². The molecule has 0 saturated carbocycles. The fourth-order valence-electron chi connectivity index (χ4n) is 3.65. The first-order valence-electron chi connectivity index (χ1n) is 8.51. The van der Waals surface area contributed by atoms with Crippen LogP contribution in [0, 0.1) is 0 Å². The van der Waals surface area contributed by atoms with Crippen LogP contribution in [-0.4, -0.2) is 57.2 Å². The molecule has 8 heteroatoms. The number of hydrogen-bond donors (Lipinski definition) is 2. The van der Waals surface area contributed by atoms with Crippen LogP contribution in [0.5, 0.6) is 0 Å². The molecule has 1 aromatic rings. The number of carbonyl (C=O) groups is 1. The van der Waals surface area contributed by atoms with Crippen LogP contribution in [0.25, 0.3) is 0 Å². The minimum Gasteiger partial charge on any atom is -0.347 e. The van der Waals surface area contributed by atoms with Gasteiger partial charge in [-0.3, -0.25) is 9.69 Å². The highest BCUT2D eigenvalue weighted by molar-refractivity contribution is 7.88. The second-order valence-electron chi connectivity index (χ2n) is 6.65. The van der Waals surface area contributed by atoms with Crippen molar-refractivity contribution in [1.29, 1.82) is 0 Å². The third-order valence-corrected chi connectivity index (χ3v) is 6.67. The lowest BCUT2D eigenvalue weighted by molar-refractivity contribution is 0.0919. The van der Waals surface area contributed by atoms with Gasteiger partial charge in [0.1, 0.15) is 0 Å². The highest BCUT2D eigenvalue weighted by Gasteiger charge is 2.36. The number of sulfonamides is 1. The van der Waals surface area contributed by atoms with Gasteiger partial charge >= 0.3 is 0 Å². The summed E-state index contributed by atoms with van der Waals surface area (Å²) in [4.78, 5) is 16.7. The van der Waals surface area contributed by atoms with E-state index < -0.39 is 10.0 Å². The van der Waals surface area contributed by atoms with Crippen LogP contribution in [0.1, 0.15) is 40.2 Å². The molecule has 0 bridgehead atoms. The maximum Gasteiger partial charge on any atom is 0.261 e. The SMILES string of the molecule is CS(=O)(=O)NCCc1ccc(C(=O)N[C@@H]2CCN3CCCC[C@@H]23)s1. The first-order chi connectivity index (χ1) is 11.4. The van der Waals surface area contributed by atoms with E-state index in [2.05, 4.69) is 14.9 Å². The quantitative estimate of drug-likeness (QED) is 0.788. The molecule has 2 fully saturated rings. The minimum absolute atomic E-state index is 0.000235. The third kappa shape index (κ3) is 4.56. The Hall–Kier alpha value is -0.960. The first kappa shape index (κ1) is 17.8. The Morgan fingerprint density at radius 1 is 1.29 bits per heavy atom. The standard InChI is InChI=1S/C16H25N3O3S2/c1-24(21,22)17-9-7-12-5-6-15(23-12)16(20)18-13-8-11-19-10-3-2-4-14(13)19/h5-6,13-14,17H,2-4,7-11H2,1H3,(H,18,20)/t13-,14+/m1/s1. The number of rotatable bonds is 6. The van der Waals surface area contributed by atoms with Crippen molar-refractivity contribution in [2.75, 3.05) is 25.9 Å². The van der Waals surface area contributed by atoms with E-state index in [0.717, 1.165) is 30.6 Å². The molecule has 24 heavy (non-hydrogen) atoms. The van der Waals surface area contributed by atoms with E-state index in [1.165, 1.54) is 30.6 Å². The fourth-order valence-corrected chi connectivity index (χ4v) is 5.03. The van der Waals surface area contributed by atoms with Crippen molar-refractivity contribution in [3.63, 3.8) is 0 Å². The Morgan fingerprint density at radius 3 is 2.92 bits per heavy atom. The van der Waals surface area contributed by atoms with Crippen LogP contribution in [0.2, 0.25) is 0 Å². The Kier molecular flexibility index (Phi) is 5.59. The van der Waals surface area contributed by atoms with Crippen molar-refractivity contribution in [3.8, 4) is 0 Å². The molecule has 2 aliphatic heterocycles. The van der Waals surface area contributed by atoms with Gasteiger partial charge in [-0.05, 0) is 44.4 Å². The average molecular weight is 372 g/mol. The van der Waals surface area contributed by atoms with Crippen molar-refractivity contribution in [1.82, 2.24) is 14.9 Å². The van der Waals surface area contributed by atoms with Gasteiger partial charge in [0.2, 0.25) is 10.0 Å². The maximum atomic E-state index is 12.5. The molecule has 0 aromatic carbocycles. The Morgan fingerprint density at radius 2 is 2.12 bits per heavy atom. The van der Waals surface area contributed by atoms with Crippen molar-refractivity contribution < 1.29 is 13.2 Å². The molecule has 0 aliphatic carbocycles. The summed E-state index contributed by atoms with van der Waals surface area (Å²) < 4.78 is 24.6. The maximum absolute atomic E-state index is 12.5. The number of amides is 1. The third-order valence-electron chi connectivity index (χ3n) is 4.79. The van der Waals surface area contributed by atoms with Crippen LogP contribution in [0.15, 0.2) is 12.1 Å². The van der Waals surface area contributed by atoms with E-state index in [9.17, 15) is 13.2 Å². The topological polar surface area (TPSA) is 78.5 Å². The van der Waals surface area contributed by atoms with Crippen molar-refractivity contribution in [2.45, 2.75) is 44.2 Å². The molecule has 0 radical (unpaired) electrons. The van der Waals surface area contributed by atoms with Crippen LogP contribution in [0.4, 0.5) is 0 Å². The average Bonchev–Trinajstić information content (AvgIpc) is 3.14. The summed E-state index contributed by atoms with van der Waals surface area (Å²) in [5.41, 5.74) is 0. The van der Waals surface area contributed by atoms with Crippen LogP contribution in [0.3, 0.4) is 0 Å². The molecule has 0 spiro atoms. The second kappa shape index (κ2) is 7.51. The monoisotopic (exact) mass is 371 g/mol. The molecule has 2 atom stereocenters. The Balaban J connectivity index is 1.52. The number of nitrogens with zero attached hydrogens (tertiary/aromatic N) is 1. The number of piperidine rings is 1.